The number of hydrogen-bond donors (Lipinski definition) is 0. The van der Waals surface area contributed by atoms with E-state index in [4.69, 9.17) is 9.72 Å². The highest BCUT2D eigenvalue weighted by atomic mass is 16.5. The second kappa shape index (κ2) is 18.0. The fourth-order valence-corrected chi connectivity index (χ4v) is 10.7. The van der Waals surface area contributed by atoms with E-state index in [1.807, 2.05) is 6.20 Å². The lowest BCUT2D eigenvalue weighted by Crippen LogP contribution is -2.25. The first-order valence-electron chi connectivity index (χ1n) is 25.8. The Bertz CT molecular complexity index is 3650. The summed E-state index contributed by atoms with van der Waals surface area (Å²) in [6, 6.07) is 73.0. The number of fused-ring (bicyclic) bond motifs is 4. The molecular formula is C68H66N4O. The zero-order valence-electron chi connectivity index (χ0n) is 44.0. The van der Waals surface area contributed by atoms with Crippen LogP contribution in [0.4, 0.5) is 22.7 Å². The van der Waals surface area contributed by atoms with Crippen LogP contribution in [0.5, 0.6) is 11.5 Å². The second-order valence-corrected chi connectivity index (χ2v) is 23.1. The van der Waals surface area contributed by atoms with Gasteiger partial charge in [-0.05, 0) is 128 Å². The molecule has 0 radical (unpaired) electrons. The summed E-state index contributed by atoms with van der Waals surface area (Å²) in [6.45, 7) is 23.5. The van der Waals surface area contributed by atoms with Crippen LogP contribution in [0.1, 0.15) is 103 Å². The lowest BCUT2D eigenvalue weighted by atomic mass is 9.77. The summed E-state index contributed by atoms with van der Waals surface area (Å²) in [7, 11) is 0. The van der Waals surface area contributed by atoms with Gasteiger partial charge in [-0.3, -0.25) is 4.57 Å². The fraction of sp³-hybridized carbons (Fsp3) is 0.221. The Balaban J connectivity index is 1.01. The molecular weight excluding hydrogens is 889 g/mol. The lowest BCUT2D eigenvalue weighted by molar-refractivity contribution is 0.479. The van der Waals surface area contributed by atoms with Gasteiger partial charge in [-0.25, -0.2) is 4.98 Å². The maximum atomic E-state index is 7.11. The van der Waals surface area contributed by atoms with E-state index in [0.717, 1.165) is 56.5 Å². The predicted molar refractivity (Wildman–Crippen MR) is 307 cm³/mol. The van der Waals surface area contributed by atoms with Gasteiger partial charge < -0.3 is 14.5 Å². The number of aromatic nitrogens is 2. The summed E-state index contributed by atoms with van der Waals surface area (Å²) in [5, 5.41) is 2.34. The van der Waals surface area contributed by atoms with Crippen LogP contribution < -0.4 is 14.5 Å². The van der Waals surface area contributed by atoms with Crippen molar-refractivity contribution in [2.24, 2.45) is 0 Å². The highest BCUT2D eigenvalue weighted by molar-refractivity contribution is 6.10. The molecule has 0 bridgehead atoms. The van der Waals surface area contributed by atoms with Gasteiger partial charge in [0.15, 0.2) is 0 Å². The van der Waals surface area contributed by atoms with Gasteiger partial charge in [0.1, 0.15) is 24.0 Å². The topological polar surface area (TPSA) is 33.5 Å². The molecule has 0 atom stereocenters. The van der Waals surface area contributed by atoms with Crippen molar-refractivity contribution in [1.82, 2.24) is 9.55 Å². The van der Waals surface area contributed by atoms with Crippen molar-refractivity contribution < 1.29 is 4.74 Å². The van der Waals surface area contributed by atoms with Crippen molar-refractivity contribution in [2.75, 3.05) is 16.5 Å². The Morgan fingerprint density at radius 1 is 0.384 bits per heavy atom. The molecule has 11 rings (SSSR count). The van der Waals surface area contributed by atoms with Crippen LogP contribution in [0.25, 0.3) is 38.8 Å². The highest BCUT2D eigenvalue weighted by Crippen LogP contribution is 2.48. The Hall–Kier alpha value is -7.89. The van der Waals surface area contributed by atoms with Gasteiger partial charge in [-0.2, -0.15) is 0 Å². The first kappa shape index (κ1) is 47.4. The van der Waals surface area contributed by atoms with Crippen LogP contribution in [0, 0.1) is 0 Å². The van der Waals surface area contributed by atoms with Crippen LogP contribution >= 0.6 is 0 Å². The van der Waals surface area contributed by atoms with Gasteiger partial charge in [-0.1, -0.05) is 184 Å². The molecule has 8 aromatic carbocycles. The van der Waals surface area contributed by atoms with E-state index in [2.05, 4.69) is 284 Å². The van der Waals surface area contributed by atoms with Crippen LogP contribution in [0.15, 0.2) is 206 Å². The van der Waals surface area contributed by atoms with E-state index in [1.54, 1.807) is 0 Å². The molecule has 5 nitrogen and oxygen atoms in total. The van der Waals surface area contributed by atoms with Gasteiger partial charge in [0.2, 0.25) is 0 Å². The average molecular weight is 955 g/mol. The van der Waals surface area contributed by atoms with Gasteiger partial charge in [0.05, 0.1) is 22.4 Å². The highest BCUT2D eigenvalue weighted by Gasteiger charge is 2.32. The SMILES string of the molecule is CC(C)(C)c1cc(Oc2ccc3c4cc(C(C)(C)c5ccccc5)ccc4n(-c4cc(C(C)(C)C)ccn4)c3c2)cc(N2CN(c3cc(-c4ccccc4)cc(C(C)(C)c4ccccc4)c3)c3ccccc32)c1. The van der Waals surface area contributed by atoms with E-state index < -0.39 is 0 Å². The molecule has 0 saturated carbocycles. The van der Waals surface area contributed by atoms with Crippen LogP contribution in [-0.2, 0) is 21.7 Å². The summed E-state index contributed by atoms with van der Waals surface area (Å²) in [5.74, 6) is 2.44. The van der Waals surface area contributed by atoms with E-state index in [-0.39, 0.29) is 21.7 Å². The molecule has 1 aliphatic rings. The zero-order valence-corrected chi connectivity index (χ0v) is 44.0. The average Bonchev–Trinajstić information content (AvgIpc) is 3.95. The maximum absolute atomic E-state index is 7.11. The minimum atomic E-state index is -0.237. The molecule has 0 spiro atoms. The third-order valence-electron chi connectivity index (χ3n) is 15.4. The second-order valence-electron chi connectivity index (χ2n) is 23.1. The molecule has 5 heteroatoms. The maximum Gasteiger partial charge on any atom is 0.137 e. The number of pyridine rings is 1. The van der Waals surface area contributed by atoms with Crippen molar-refractivity contribution in [3.63, 3.8) is 0 Å². The molecule has 0 unspecified atom stereocenters. The Morgan fingerprint density at radius 3 is 1.59 bits per heavy atom. The number of rotatable bonds is 10. The van der Waals surface area contributed by atoms with E-state index in [1.165, 1.54) is 49.9 Å². The van der Waals surface area contributed by atoms with Crippen molar-refractivity contribution in [2.45, 2.75) is 90.9 Å². The van der Waals surface area contributed by atoms with Crippen LogP contribution in [-0.4, -0.2) is 16.2 Å². The Kier molecular flexibility index (Phi) is 11.7. The molecule has 0 fully saturated rings. The monoisotopic (exact) mass is 955 g/mol. The molecule has 10 aromatic rings. The molecule has 0 saturated heterocycles. The molecule has 0 N–H and O–H groups in total. The van der Waals surface area contributed by atoms with Gasteiger partial charge in [0.25, 0.3) is 0 Å². The quantitative estimate of drug-likeness (QED) is 0.137. The summed E-state index contributed by atoms with van der Waals surface area (Å²) < 4.78 is 9.43. The summed E-state index contributed by atoms with van der Waals surface area (Å²) >= 11 is 0. The number of ether oxygens (including phenoxy) is 1. The van der Waals surface area contributed by atoms with Crippen LogP contribution in [0.3, 0.4) is 0 Å². The number of para-hydroxylation sites is 2. The molecule has 0 aliphatic carbocycles. The summed E-state index contributed by atoms with van der Waals surface area (Å²) in [6.07, 6.45) is 1.95. The van der Waals surface area contributed by atoms with Crippen molar-refractivity contribution in [1.29, 1.82) is 0 Å². The standard InChI is InChI=1S/C68H66N4O/c1-65(2,3)50-34-35-69-64(42-50)72-60-33-30-51(67(7,8)48-24-16-12-17-25-48)41-59(60)58-32-31-56(44-63(58)72)73-57-40-52(66(4,5)6)38-55(43-57)71-45-70(61-28-20-21-29-62(61)71)54-37-47(46-22-14-11-15-23-46)36-53(39-54)68(9,10)49-26-18-13-19-27-49/h11-44H,45H2,1-10H3. The normalized spacial score (nSPS) is 13.2. The van der Waals surface area contributed by atoms with E-state index in [9.17, 15) is 0 Å². The molecule has 2 aromatic heterocycles. The zero-order chi connectivity index (χ0) is 50.9. The smallest absolute Gasteiger partial charge is 0.137 e. The van der Waals surface area contributed by atoms with Crippen LogP contribution in [0.2, 0.25) is 0 Å². The minimum Gasteiger partial charge on any atom is -0.457 e. The summed E-state index contributed by atoms with van der Waals surface area (Å²) in [4.78, 5) is 9.95. The lowest BCUT2D eigenvalue weighted by Gasteiger charge is -2.30. The third kappa shape index (κ3) is 8.86. The number of benzene rings is 8. The van der Waals surface area contributed by atoms with Crippen molar-refractivity contribution in [3.05, 3.63) is 240 Å². The summed E-state index contributed by atoms with van der Waals surface area (Å²) in [5.41, 5.74) is 16.0. The van der Waals surface area contributed by atoms with Gasteiger partial charge in [-0.15, -0.1) is 0 Å². The van der Waals surface area contributed by atoms with E-state index >= 15 is 0 Å². The predicted octanol–water partition coefficient (Wildman–Crippen LogP) is 18.1. The van der Waals surface area contributed by atoms with E-state index in [0.29, 0.717) is 6.67 Å². The molecule has 73 heavy (non-hydrogen) atoms. The number of nitrogens with zero attached hydrogens (tertiary/aromatic N) is 4. The molecule has 1 aliphatic heterocycles. The van der Waals surface area contributed by atoms with Crippen molar-refractivity contribution >= 4 is 44.6 Å². The Morgan fingerprint density at radius 2 is 0.959 bits per heavy atom. The fourth-order valence-electron chi connectivity index (χ4n) is 10.7. The molecule has 364 valence electrons. The molecule has 3 heterocycles. The molecule has 0 amide bonds. The first-order valence-corrected chi connectivity index (χ1v) is 25.8. The van der Waals surface area contributed by atoms with Crippen molar-refractivity contribution in [3.8, 4) is 28.4 Å². The Labute approximate surface area is 432 Å². The number of anilines is 4. The first-order chi connectivity index (χ1) is 34.9. The third-order valence-corrected chi connectivity index (χ3v) is 15.4. The van der Waals surface area contributed by atoms with Gasteiger partial charge in [0, 0.05) is 51.3 Å². The minimum absolute atomic E-state index is 0.0469. The largest absolute Gasteiger partial charge is 0.457 e. The number of hydrogen-bond acceptors (Lipinski definition) is 4. The van der Waals surface area contributed by atoms with Gasteiger partial charge >= 0.3 is 0 Å².